The molecule has 98 valence electrons. The number of Topliss-reactive ketones (excluding diaryl/α,β-unsaturated/α-hetero) is 1. The first kappa shape index (κ1) is 13.0. The van der Waals surface area contributed by atoms with Crippen molar-refractivity contribution in [2.75, 3.05) is 33.7 Å². The van der Waals surface area contributed by atoms with E-state index in [-0.39, 0.29) is 0 Å². The average molecular weight is 238 g/mol. The Kier molecular flexibility index (Phi) is 4.57. The summed E-state index contributed by atoms with van der Waals surface area (Å²) in [5, 5.41) is 0. The van der Waals surface area contributed by atoms with Crippen LogP contribution in [0.3, 0.4) is 0 Å². The normalized spacial score (nSPS) is 27.1. The second-order valence-electron chi connectivity index (χ2n) is 5.98. The van der Waals surface area contributed by atoms with Crippen molar-refractivity contribution in [3.63, 3.8) is 0 Å². The summed E-state index contributed by atoms with van der Waals surface area (Å²) in [6.45, 7) is 2.93. The van der Waals surface area contributed by atoms with Crippen molar-refractivity contribution >= 4 is 5.78 Å². The number of hydrogen-bond donors (Lipinski definition) is 0. The number of hydrogen-bond acceptors (Lipinski definition) is 3. The van der Waals surface area contributed by atoms with Crippen LogP contribution in [0.2, 0.25) is 0 Å². The summed E-state index contributed by atoms with van der Waals surface area (Å²) >= 11 is 0. The molecule has 0 aromatic carbocycles. The lowest BCUT2D eigenvalue weighted by molar-refractivity contribution is -0.124. The van der Waals surface area contributed by atoms with E-state index in [1.807, 2.05) is 0 Å². The topological polar surface area (TPSA) is 23.6 Å². The van der Waals surface area contributed by atoms with E-state index in [2.05, 4.69) is 23.9 Å². The number of carbonyl (C=O) groups is 1. The standard InChI is InChI=1S/C14H26N2O/c1-15(2)10-13-8-5-9-16(13)11-14(17)12-6-3-4-7-12/h12-13H,3-11H2,1-2H3. The lowest BCUT2D eigenvalue weighted by Crippen LogP contribution is -2.41. The van der Waals surface area contributed by atoms with Gasteiger partial charge in [-0.2, -0.15) is 0 Å². The minimum absolute atomic E-state index is 0.385. The van der Waals surface area contributed by atoms with E-state index in [0.717, 1.165) is 25.9 Å². The van der Waals surface area contributed by atoms with Crippen LogP contribution in [0.5, 0.6) is 0 Å². The van der Waals surface area contributed by atoms with Crippen LogP contribution in [0.15, 0.2) is 0 Å². The van der Waals surface area contributed by atoms with Gasteiger partial charge in [-0.15, -0.1) is 0 Å². The van der Waals surface area contributed by atoms with Crippen molar-refractivity contribution in [3.8, 4) is 0 Å². The summed E-state index contributed by atoms with van der Waals surface area (Å²) < 4.78 is 0. The fraction of sp³-hybridized carbons (Fsp3) is 0.929. The first-order chi connectivity index (χ1) is 8.16. The summed E-state index contributed by atoms with van der Waals surface area (Å²) in [6, 6.07) is 0.607. The van der Waals surface area contributed by atoms with Crippen LogP contribution < -0.4 is 0 Å². The van der Waals surface area contributed by atoms with E-state index >= 15 is 0 Å². The van der Waals surface area contributed by atoms with Crippen molar-refractivity contribution in [1.82, 2.24) is 9.80 Å². The molecule has 1 aliphatic heterocycles. The fourth-order valence-corrected chi connectivity index (χ4v) is 3.31. The molecular formula is C14H26N2O. The second kappa shape index (κ2) is 5.96. The van der Waals surface area contributed by atoms with Crippen LogP contribution in [0.1, 0.15) is 38.5 Å². The third-order valence-electron chi connectivity index (χ3n) is 4.24. The second-order valence-corrected chi connectivity index (χ2v) is 5.98. The van der Waals surface area contributed by atoms with Gasteiger partial charge >= 0.3 is 0 Å². The molecule has 0 aromatic heterocycles. The molecule has 1 aliphatic carbocycles. The first-order valence-electron chi connectivity index (χ1n) is 7.08. The molecule has 3 heteroatoms. The van der Waals surface area contributed by atoms with Crippen LogP contribution in [0, 0.1) is 5.92 Å². The van der Waals surface area contributed by atoms with Gasteiger partial charge in [-0.05, 0) is 46.3 Å². The molecule has 1 atom stereocenters. The van der Waals surface area contributed by atoms with Gasteiger partial charge in [0.25, 0.3) is 0 Å². The molecule has 0 amide bonds. The highest BCUT2D eigenvalue weighted by molar-refractivity contribution is 5.83. The fourth-order valence-electron chi connectivity index (χ4n) is 3.31. The van der Waals surface area contributed by atoms with Crippen molar-refractivity contribution < 1.29 is 4.79 Å². The number of ketones is 1. The molecule has 0 bridgehead atoms. The SMILES string of the molecule is CN(C)CC1CCCN1CC(=O)C1CCCC1. The molecule has 1 saturated heterocycles. The Hall–Kier alpha value is -0.410. The van der Waals surface area contributed by atoms with Gasteiger partial charge in [0.1, 0.15) is 5.78 Å². The summed E-state index contributed by atoms with van der Waals surface area (Å²) in [5.41, 5.74) is 0. The Morgan fingerprint density at radius 2 is 1.88 bits per heavy atom. The molecule has 0 aromatic rings. The number of likely N-dealkylation sites (N-methyl/N-ethyl adjacent to an activating group) is 1. The summed E-state index contributed by atoms with van der Waals surface area (Å²) in [7, 11) is 4.24. The molecule has 3 nitrogen and oxygen atoms in total. The molecule has 1 saturated carbocycles. The van der Waals surface area contributed by atoms with Crippen LogP contribution in [-0.2, 0) is 4.79 Å². The molecule has 0 N–H and O–H groups in total. The van der Waals surface area contributed by atoms with Gasteiger partial charge in [-0.25, -0.2) is 0 Å². The highest BCUT2D eigenvalue weighted by atomic mass is 16.1. The first-order valence-corrected chi connectivity index (χ1v) is 7.08. The average Bonchev–Trinajstić information content (AvgIpc) is 2.89. The predicted octanol–water partition coefficient (Wildman–Crippen LogP) is 1.77. The molecule has 2 fully saturated rings. The highest BCUT2D eigenvalue weighted by Crippen LogP contribution is 2.27. The van der Waals surface area contributed by atoms with Crippen LogP contribution in [0.4, 0.5) is 0 Å². The van der Waals surface area contributed by atoms with Crippen LogP contribution >= 0.6 is 0 Å². The molecule has 0 spiro atoms. The molecule has 17 heavy (non-hydrogen) atoms. The van der Waals surface area contributed by atoms with Gasteiger partial charge in [0, 0.05) is 18.5 Å². The maximum atomic E-state index is 12.2. The predicted molar refractivity (Wildman–Crippen MR) is 70.1 cm³/mol. The Morgan fingerprint density at radius 1 is 1.18 bits per heavy atom. The Labute approximate surface area is 105 Å². The summed E-state index contributed by atoms with van der Waals surface area (Å²) in [6.07, 6.45) is 7.33. The number of likely N-dealkylation sites (tertiary alicyclic amines) is 1. The maximum Gasteiger partial charge on any atom is 0.149 e. The third kappa shape index (κ3) is 3.52. The van der Waals surface area contributed by atoms with Gasteiger partial charge in [0.15, 0.2) is 0 Å². The number of carbonyl (C=O) groups excluding carboxylic acids is 1. The third-order valence-corrected chi connectivity index (χ3v) is 4.24. The van der Waals surface area contributed by atoms with Crippen LogP contribution in [-0.4, -0.2) is 55.4 Å². The van der Waals surface area contributed by atoms with Gasteiger partial charge in [-0.3, -0.25) is 9.69 Å². The Bertz CT molecular complexity index is 259. The quantitative estimate of drug-likeness (QED) is 0.729. The number of rotatable bonds is 5. The zero-order chi connectivity index (χ0) is 12.3. The van der Waals surface area contributed by atoms with Crippen molar-refractivity contribution in [2.24, 2.45) is 5.92 Å². The lowest BCUT2D eigenvalue weighted by Gasteiger charge is -2.27. The van der Waals surface area contributed by atoms with E-state index in [9.17, 15) is 4.79 Å². The molecule has 2 rings (SSSR count). The monoisotopic (exact) mass is 238 g/mol. The van der Waals surface area contributed by atoms with Gasteiger partial charge < -0.3 is 4.90 Å². The largest absolute Gasteiger partial charge is 0.308 e. The summed E-state index contributed by atoms with van der Waals surface area (Å²) in [5.74, 6) is 0.892. The van der Waals surface area contributed by atoms with Crippen molar-refractivity contribution in [2.45, 2.75) is 44.6 Å². The molecule has 1 unspecified atom stereocenters. The maximum absolute atomic E-state index is 12.2. The smallest absolute Gasteiger partial charge is 0.149 e. The van der Waals surface area contributed by atoms with Crippen molar-refractivity contribution in [3.05, 3.63) is 0 Å². The zero-order valence-corrected chi connectivity index (χ0v) is 11.3. The minimum atomic E-state index is 0.385. The van der Waals surface area contributed by atoms with E-state index in [4.69, 9.17) is 0 Å². The molecule has 1 heterocycles. The van der Waals surface area contributed by atoms with Gasteiger partial charge in [-0.1, -0.05) is 12.8 Å². The lowest BCUT2D eigenvalue weighted by atomic mass is 10.0. The molecule has 0 radical (unpaired) electrons. The highest BCUT2D eigenvalue weighted by Gasteiger charge is 2.30. The number of nitrogens with zero attached hydrogens (tertiary/aromatic N) is 2. The Morgan fingerprint density at radius 3 is 2.53 bits per heavy atom. The van der Waals surface area contributed by atoms with E-state index in [1.165, 1.54) is 25.7 Å². The van der Waals surface area contributed by atoms with Crippen molar-refractivity contribution in [1.29, 1.82) is 0 Å². The zero-order valence-electron chi connectivity index (χ0n) is 11.3. The van der Waals surface area contributed by atoms with Gasteiger partial charge in [0.05, 0.1) is 6.54 Å². The van der Waals surface area contributed by atoms with E-state index < -0.39 is 0 Å². The van der Waals surface area contributed by atoms with Crippen LogP contribution in [0.25, 0.3) is 0 Å². The van der Waals surface area contributed by atoms with Gasteiger partial charge in [0.2, 0.25) is 0 Å². The van der Waals surface area contributed by atoms with E-state index in [1.54, 1.807) is 0 Å². The van der Waals surface area contributed by atoms with E-state index in [0.29, 0.717) is 24.3 Å². The summed E-state index contributed by atoms with van der Waals surface area (Å²) in [4.78, 5) is 16.8. The minimum Gasteiger partial charge on any atom is -0.308 e. The molecular weight excluding hydrogens is 212 g/mol. The molecule has 2 aliphatic rings. The Balaban J connectivity index is 1.82.